The predicted molar refractivity (Wildman–Crippen MR) is 46.4 cm³/mol. The molecule has 0 fully saturated rings. The molecule has 4 heteroatoms. The van der Waals surface area contributed by atoms with Gasteiger partial charge in [-0.05, 0) is 6.42 Å². The molecule has 0 aliphatic heterocycles. The van der Waals surface area contributed by atoms with Gasteiger partial charge < -0.3 is 9.15 Å². The van der Waals surface area contributed by atoms with Gasteiger partial charge in [-0.3, -0.25) is 0 Å². The Balaban J connectivity index is 2.40. The lowest BCUT2D eigenvalue weighted by atomic mass is 10.4. The molecule has 0 aliphatic carbocycles. The van der Waals surface area contributed by atoms with Crippen LogP contribution < -0.4 is 0 Å². The Kier molecular flexibility index (Phi) is 3.49. The van der Waals surface area contributed by atoms with Gasteiger partial charge in [0.1, 0.15) is 0 Å². The number of oxazole rings is 1. The van der Waals surface area contributed by atoms with E-state index < -0.39 is 5.97 Å². The fourth-order valence-corrected chi connectivity index (χ4v) is 0.836. The minimum absolute atomic E-state index is 0.175. The molecule has 0 unspecified atom stereocenters. The Hall–Kier alpha value is -1.32. The number of esters is 1. The van der Waals surface area contributed by atoms with Crippen LogP contribution in [-0.4, -0.2) is 17.6 Å². The molecule has 0 aliphatic rings. The molecule has 0 amide bonds. The summed E-state index contributed by atoms with van der Waals surface area (Å²) >= 11 is 0. The standard InChI is InChI=1S/C9H13NO3/c1-3-4-5-12-9(11)8-6-10-7(2)13-8/h6H,3-5H2,1-2H3. The van der Waals surface area contributed by atoms with Crippen molar-refractivity contribution in [2.45, 2.75) is 26.7 Å². The van der Waals surface area contributed by atoms with Crippen LogP contribution in [0.1, 0.15) is 36.2 Å². The van der Waals surface area contributed by atoms with Crippen molar-refractivity contribution in [3.63, 3.8) is 0 Å². The van der Waals surface area contributed by atoms with Crippen LogP contribution in [0.15, 0.2) is 10.6 Å². The van der Waals surface area contributed by atoms with Gasteiger partial charge in [0.25, 0.3) is 0 Å². The fraction of sp³-hybridized carbons (Fsp3) is 0.556. The van der Waals surface area contributed by atoms with Crippen LogP contribution in [0.3, 0.4) is 0 Å². The van der Waals surface area contributed by atoms with Gasteiger partial charge in [0, 0.05) is 6.92 Å². The first-order valence-electron chi connectivity index (χ1n) is 4.33. The van der Waals surface area contributed by atoms with Crippen molar-refractivity contribution in [2.75, 3.05) is 6.61 Å². The quantitative estimate of drug-likeness (QED) is 0.528. The second-order valence-electron chi connectivity index (χ2n) is 2.73. The van der Waals surface area contributed by atoms with Crippen LogP contribution in [0.25, 0.3) is 0 Å². The molecule has 0 aromatic carbocycles. The summed E-state index contributed by atoms with van der Waals surface area (Å²) in [7, 11) is 0. The molecular weight excluding hydrogens is 170 g/mol. The molecule has 1 aromatic rings. The summed E-state index contributed by atoms with van der Waals surface area (Å²) in [5, 5.41) is 0. The molecule has 0 spiro atoms. The molecule has 1 aromatic heterocycles. The van der Waals surface area contributed by atoms with Gasteiger partial charge in [-0.1, -0.05) is 13.3 Å². The molecule has 0 N–H and O–H groups in total. The van der Waals surface area contributed by atoms with E-state index in [1.807, 2.05) is 6.92 Å². The Morgan fingerprint density at radius 1 is 1.69 bits per heavy atom. The first-order chi connectivity index (χ1) is 6.24. The van der Waals surface area contributed by atoms with Gasteiger partial charge in [-0.25, -0.2) is 9.78 Å². The third-order valence-electron chi connectivity index (χ3n) is 1.55. The van der Waals surface area contributed by atoms with E-state index in [1.165, 1.54) is 6.20 Å². The smallest absolute Gasteiger partial charge is 0.375 e. The highest BCUT2D eigenvalue weighted by molar-refractivity contribution is 5.85. The van der Waals surface area contributed by atoms with Crippen LogP contribution in [-0.2, 0) is 4.74 Å². The molecule has 0 saturated carbocycles. The van der Waals surface area contributed by atoms with E-state index in [2.05, 4.69) is 4.98 Å². The first kappa shape index (κ1) is 9.77. The van der Waals surface area contributed by atoms with Crippen LogP contribution in [0, 0.1) is 6.92 Å². The molecule has 0 atom stereocenters. The number of unbranched alkanes of at least 4 members (excludes halogenated alkanes) is 1. The number of aryl methyl sites for hydroxylation is 1. The molecule has 0 radical (unpaired) electrons. The van der Waals surface area contributed by atoms with Crippen molar-refractivity contribution in [2.24, 2.45) is 0 Å². The van der Waals surface area contributed by atoms with E-state index in [0.29, 0.717) is 12.5 Å². The summed E-state index contributed by atoms with van der Waals surface area (Å²) in [4.78, 5) is 15.0. The van der Waals surface area contributed by atoms with E-state index >= 15 is 0 Å². The molecule has 4 nitrogen and oxygen atoms in total. The van der Waals surface area contributed by atoms with Crippen molar-refractivity contribution in [3.8, 4) is 0 Å². The Morgan fingerprint density at radius 3 is 3.00 bits per heavy atom. The number of carbonyl (C=O) groups excluding carboxylic acids is 1. The van der Waals surface area contributed by atoms with Gasteiger partial charge in [0.2, 0.25) is 5.76 Å². The van der Waals surface area contributed by atoms with Crippen LogP contribution >= 0.6 is 0 Å². The average Bonchev–Trinajstić information content (AvgIpc) is 2.52. The monoisotopic (exact) mass is 183 g/mol. The largest absolute Gasteiger partial charge is 0.460 e. The maximum Gasteiger partial charge on any atom is 0.375 e. The Bertz CT molecular complexity index is 280. The number of hydrogen-bond donors (Lipinski definition) is 0. The van der Waals surface area contributed by atoms with Gasteiger partial charge in [-0.15, -0.1) is 0 Å². The van der Waals surface area contributed by atoms with E-state index in [4.69, 9.17) is 9.15 Å². The summed E-state index contributed by atoms with van der Waals surface area (Å²) in [5.74, 6) is 0.213. The lowest BCUT2D eigenvalue weighted by Gasteiger charge is -1.99. The predicted octanol–water partition coefficient (Wildman–Crippen LogP) is 1.94. The SMILES string of the molecule is CCCCOC(=O)c1cnc(C)o1. The summed E-state index contributed by atoms with van der Waals surface area (Å²) in [6.45, 7) is 4.16. The summed E-state index contributed by atoms with van der Waals surface area (Å²) in [6, 6.07) is 0. The minimum atomic E-state index is -0.436. The van der Waals surface area contributed by atoms with Crippen LogP contribution in [0.2, 0.25) is 0 Å². The Labute approximate surface area is 76.9 Å². The fourth-order valence-electron chi connectivity index (χ4n) is 0.836. The first-order valence-corrected chi connectivity index (χ1v) is 4.33. The van der Waals surface area contributed by atoms with Crippen LogP contribution in [0.5, 0.6) is 0 Å². The third kappa shape index (κ3) is 2.89. The van der Waals surface area contributed by atoms with E-state index in [-0.39, 0.29) is 5.76 Å². The third-order valence-corrected chi connectivity index (χ3v) is 1.55. The zero-order chi connectivity index (χ0) is 9.68. The number of nitrogens with zero attached hydrogens (tertiary/aromatic N) is 1. The number of hydrogen-bond acceptors (Lipinski definition) is 4. The maximum atomic E-state index is 11.2. The molecule has 13 heavy (non-hydrogen) atoms. The van der Waals surface area contributed by atoms with Gasteiger partial charge in [0.05, 0.1) is 12.8 Å². The van der Waals surface area contributed by atoms with E-state index in [1.54, 1.807) is 6.92 Å². The van der Waals surface area contributed by atoms with Gasteiger partial charge in [-0.2, -0.15) is 0 Å². The molecule has 1 rings (SSSR count). The van der Waals surface area contributed by atoms with Gasteiger partial charge >= 0.3 is 5.97 Å². The average molecular weight is 183 g/mol. The number of rotatable bonds is 4. The zero-order valence-electron chi connectivity index (χ0n) is 7.87. The van der Waals surface area contributed by atoms with Crippen LogP contribution in [0.4, 0.5) is 0 Å². The van der Waals surface area contributed by atoms with Crippen molar-refractivity contribution in [1.82, 2.24) is 4.98 Å². The number of aromatic nitrogens is 1. The highest BCUT2D eigenvalue weighted by Gasteiger charge is 2.11. The zero-order valence-corrected chi connectivity index (χ0v) is 7.87. The summed E-state index contributed by atoms with van der Waals surface area (Å²) in [5.41, 5.74) is 0. The van der Waals surface area contributed by atoms with E-state index in [0.717, 1.165) is 12.8 Å². The molecule has 72 valence electrons. The normalized spacial score (nSPS) is 10.0. The molecule has 0 saturated heterocycles. The second kappa shape index (κ2) is 4.64. The molecular formula is C9H13NO3. The Morgan fingerprint density at radius 2 is 2.46 bits per heavy atom. The summed E-state index contributed by atoms with van der Waals surface area (Å²) < 4.78 is 9.90. The maximum absolute atomic E-state index is 11.2. The number of ether oxygens (including phenoxy) is 1. The highest BCUT2D eigenvalue weighted by Crippen LogP contribution is 2.04. The topological polar surface area (TPSA) is 52.3 Å². The van der Waals surface area contributed by atoms with E-state index in [9.17, 15) is 4.79 Å². The summed E-state index contributed by atoms with van der Waals surface area (Å²) in [6.07, 6.45) is 3.26. The van der Waals surface area contributed by atoms with Crippen molar-refractivity contribution in [1.29, 1.82) is 0 Å². The van der Waals surface area contributed by atoms with Crippen molar-refractivity contribution >= 4 is 5.97 Å². The van der Waals surface area contributed by atoms with Crippen molar-refractivity contribution < 1.29 is 13.9 Å². The number of carbonyl (C=O) groups is 1. The van der Waals surface area contributed by atoms with Gasteiger partial charge in [0.15, 0.2) is 5.89 Å². The van der Waals surface area contributed by atoms with Crippen molar-refractivity contribution in [3.05, 3.63) is 17.8 Å². The highest BCUT2D eigenvalue weighted by atomic mass is 16.5. The lowest BCUT2D eigenvalue weighted by molar-refractivity contribution is 0.0462. The lowest BCUT2D eigenvalue weighted by Crippen LogP contribution is -2.04. The minimum Gasteiger partial charge on any atom is -0.460 e. The molecule has 0 bridgehead atoms. The molecule has 1 heterocycles. The second-order valence-corrected chi connectivity index (χ2v) is 2.73.